The molecule has 68 valence electrons. The Bertz CT molecular complexity index is 37.2. The fourth-order valence-electron chi connectivity index (χ4n) is 0.671. The van der Waals surface area contributed by atoms with Gasteiger partial charge in [-0.2, -0.15) is 0 Å². The Labute approximate surface area is 88.4 Å². The van der Waals surface area contributed by atoms with E-state index in [2.05, 4.69) is 20.8 Å². The quantitative estimate of drug-likeness (QED) is 0.359. The van der Waals surface area contributed by atoms with Crippen molar-refractivity contribution in [2.45, 2.75) is 20.8 Å². The van der Waals surface area contributed by atoms with Crippen LogP contribution in [0.1, 0.15) is 20.8 Å². The third-order valence-electron chi connectivity index (χ3n) is 1.34. The molecule has 0 saturated heterocycles. The van der Waals surface area contributed by atoms with Crippen molar-refractivity contribution in [2.24, 2.45) is 0 Å². The average Bonchev–Trinajstić information content (AvgIpc) is 1.72. The van der Waals surface area contributed by atoms with Crippen LogP contribution in [0.5, 0.6) is 0 Å². The van der Waals surface area contributed by atoms with Crippen LogP contribution >= 0.6 is 7.92 Å². The molecule has 0 radical (unpaired) electrons. The van der Waals surface area contributed by atoms with Crippen molar-refractivity contribution in [3.05, 3.63) is 0 Å². The predicted octanol–water partition coefficient (Wildman–Crippen LogP) is -3.47. The monoisotopic (exact) mass is 246 g/mol. The van der Waals surface area contributed by atoms with E-state index in [1.807, 2.05) is 0 Å². The van der Waals surface area contributed by atoms with Crippen LogP contribution in [0.25, 0.3) is 0 Å². The van der Waals surface area contributed by atoms with Crippen LogP contribution in [-0.4, -0.2) is 18.5 Å². The molecule has 0 aromatic rings. The molecule has 0 rings (SSSR count). The van der Waals surface area contributed by atoms with Gasteiger partial charge in [0.1, 0.15) is 0 Å². The second kappa shape index (κ2) is 16.8. The fraction of sp³-hybridized carbons (Fsp3) is 1.00. The second-order valence-electron chi connectivity index (χ2n) is 1.62. The first-order valence-corrected chi connectivity index (χ1v) is 4.97. The predicted molar refractivity (Wildman–Crippen MR) is 38.5 cm³/mol. The maximum atomic E-state index is 2.29. The number of halogens is 2. The van der Waals surface area contributed by atoms with Gasteiger partial charge >= 0.3 is 16.5 Å². The summed E-state index contributed by atoms with van der Waals surface area (Å²) in [5, 5.41) is 0. The van der Waals surface area contributed by atoms with Gasteiger partial charge in [-0.1, -0.05) is 20.8 Å². The Kier molecular flexibility index (Phi) is 38.0. The zero-order valence-electron chi connectivity index (χ0n) is 6.64. The number of hydrogen-bond acceptors (Lipinski definition) is 0. The Morgan fingerprint density at radius 2 is 1.00 bits per heavy atom. The van der Waals surface area contributed by atoms with Crippen molar-refractivity contribution in [1.82, 2.24) is 0 Å². The van der Waals surface area contributed by atoms with Gasteiger partial charge in [-0.3, -0.25) is 0 Å². The molecule has 0 heterocycles. The van der Waals surface area contributed by atoms with Crippen molar-refractivity contribution in [2.75, 3.05) is 18.5 Å². The van der Waals surface area contributed by atoms with Crippen molar-refractivity contribution in [3.63, 3.8) is 0 Å². The molecular weight excluding hydrogens is 233 g/mol. The summed E-state index contributed by atoms with van der Waals surface area (Å²) < 4.78 is 0. The molecule has 0 N–H and O–H groups in total. The molecule has 0 aromatic heterocycles. The number of hydrogen-bond donors (Lipinski definition) is 0. The maximum Gasteiger partial charge on any atom is 2.00 e. The Morgan fingerprint density at radius 3 is 1.00 bits per heavy atom. The summed E-state index contributed by atoms with van der Waals surface area (Å²) in [4.78, 5) is 0. The summed E-state index contributed by atoms with van der Waals surface area (Å²) in [6.45, 7) is 6.87. The van der Waals surface area contributed by atoms with Crippen LogP contribution in [0, 0.1) is 0 Å². The summed E-state index contributed by atoms with van der Waals surface area (Å²) in [5.74, 6) is 0. The van der Waals surface area contributed by atoms with Crippen molar-refractivity contribution < 1.29 is 41.3 Å². The smallest absolute Gasteiger partial charge is 1.00 e. The molecule has 0 nitrogen and oxygen atoms in total. The molecule has 0 spiro atoms. The van der Waals surface area contributed by atoms with Crippen molar-refractivity contribution in [3.8, 4) is 0 Å². The Hall–Kier alpha value is 1.50. The molecule has 0 unspecified atom stereocenters. The third kappa shape index (κ3) is 12.2. The summed E-state index contributed by atoms with van der Waals surface area (Å²) in [5.41, 5.74) is 0. The maximum absolute atomic E-state index is 2.29. The first kappa shape index (κ1) is 22.5. The summed E-state index contributed by atoms with van der Waals surface area (Å²) >= 11 is 0. The van der Waals surface area contributed by atoms with Crippen LogP contribution in [0.15, 0.2) is 0 Å². The van der Waals surface area contributed by atoms with Crippen LogP contribution in [0.3, 0.4) is 0 Å². The minimum absolute atomic E-state index is 0. The van der Waals surface area contributed by atoms with Gasteiger partial charge in [-0.15, -0.1) is 7.92 Å². The summed E-state index contributed by atoms with van der Waals surface area (Å²) in [6.07, 6.45) is 4.26. The molecule has 0 bridgehead atoms. The first-order chi connectivity index (χ1) is 3.35. The Balaban J connectivity index is -0.0000000600. The largest absolute Gasteiger partial charge is 2.00 e. The molecule has 0 aliphatic heterocycles. The van der Waals surface area contributed by atoms with E-state index >= 15 is 0 Å². The minimum atomic E-state index is 0. The van der Waals surface area contributed by atoms with Crippen LogP contribution < -0.4 is 24.8 Å². The molecule has 10 heavy (non-hydrogen) atoms. The zero-order chi connectivity index (χ0) is 5.70. The molecule has 0 aliphatic carbocycles. The van der Waals surface area contributed by atoms with Gasteiger partial charge < -0.3 is 24.8 Å². The number of rotatable bonds is 3. The van der Waals surface area contributed by atoms with Gasteiger partial charge in [-0.25, -0.2) is 0 Å². The van der Waals surface area contributed by atoms with Gasteiger partial charge in [0, 0.05) is 0 Å². The molecular formula is C6H15Cl2NiP. The molecule has 0 saturated carbocycles. The van der Waals surface area contributed by atoms with Crippen molar-refractivity contribution in [1.29, 1.82) is 0 Å². The van der Waals surface area contributed by atoms with E-state index in [1.165, 1.54) is 18.5 Å². The van der Waals surface area contributed by atoms with Crippen LogP contribution in [-0.2, 0) is 16.5 Å². The van der Waals surface area contributed by atoms with Gasteiger partial charge in [0.05, 0.1) is 0 Å². The SMILES string of the molecule is CCP(CC)CC.[Cl-].[Cl-].[Ni+2]. The molecule has 4 heteroatoms. The van der Waals surface area contributed by atoms with Crippen molar-refractivity contribution >= 4 is 7.92 Å². The summed E-state index contributed by atoms with van der Waals surface area (Å²) in [7, 11) is 0.446. The van der Waals surface area contributed by atoms with Crippen LogP contribution in [0.4, 0.5) is 0 Å². The standard InChI is InChI=1S/C6H15P.2ClH.Ni/c1-4-7(5-2)6-3;;;/h4-6H2,1-3H3;2*1H;/q;;;+2/p-2. The van der Waals surface area contributed by atoms with E-state index in [4.69, 9.17) is 0 Å². The Morgan fingerprint density at radius 1 is 0.800 bits per heavy atom. The van der Waals surface area contributed by atoms with E-state index in [0.717, 1.165) is 0 Å². The van der Waals surface area contributed by atoms with Crippen LogP contribution in [0.2, 0.25) is 0 Å². The van der Waals surface area contributed by atoms with Gasteiger partial charge in [0.25, 0.3) is 0 Å². The molecule has 0 aromatic carbocycles. The van der Waals surface area contributed by atoms with E-state index in [-0.39, 0.29) is 41.3 Å². The second-order valence-corrected chi connectivity index (χ2v) is 4.86. The summed E-state index contributed by atoms with van der Waals surface area (Å²) in [6, 6.07) is 0. The van der Waals surface area contributed by atoms with Gasteiger partial charge in [0.15, 0.2) is 0 Å². The topological polar surface area (TPSA) is 0 Å². The van der Waals surface area contributed by atoms with E-state index in [1.54, 1.807) is 0 Å². The van der Waals surface area contributed by atoms with E-state index in [9.17, 15) is 0 Å². The van der Waals surface area contributed by atoms with E-state index < -0.39 is 0 Å². The fourth-order valence-corrected chi connectivity index (χ4v) is 2.01. The zero-order valence-corrected chi connectivity index (χ0v) is 10.0. The third-order valence-corrected chi connectivity index (χ3v) is 4.02. The molecule has 0 fully saturated rings. The van der Waals surface area contributed by atoms with Gasteiger partial charge in [-0.05, 0) is 18.5 Å². The normalized spacial score (nSPS) is 7.20. The van der Waals surface area contributed by atoms with E-state index in [0.29, 0.717) is 7.92 Å². The molecule has 0 aliphatic rings. The average molecular weight is 248 g/mol. The molecule has 0 amide bonds. The molecule has 0 atom stereocenters. The minimum Gasteiger partial charge on any atom is -1.00 e. The van der Waals surface area contributed by atoms with Gasteiger partial charge in [0.2, 0.25) is 0 Å². The first-order valence-electron chi connectivity index (χ1n) is 3.07.